The summed E-state index contributed by atoms with van der Waals surface area (Å²) in [4.78, 5) is 11.7. The van der Waals surface area contributed by atoms with Gasteiger partial charge in [0, 0.05) is 4.47 Å². The van der Waals surface area contributed by atoms with Crippen LogP contribution in [0, 0.1) is 0 Å². The smallest absolute Gasteiger partial charge is 0.323 e. The van der Waals surface area contributed by atoms with Gasteiger partial charge in [-0.05, 0) is 51.3 Å². The molecule has 0 amide bonds. The summed E-state index contributed by atoms with van der Waals surface area (Å²) in [6.07, 6.45) is 1.37. The quantitative estimate of drug-likeness (QED) is 0.869. The Morgan fingerprint density at radius 1 is 1.33 bits per heavy atom. The van der Waals surface area contributed by atoms with Crippen molar-refractivity contribution in [2.24, 2.45) is 5.73 Å². The normalized spacial score (nSPS) is 13.2. The van der Waals surface area contributed by atoms with Crippen LogP contribution in [-0.4, -0.2) is 17.6 Å². The molecule has 3 nitrogen and oxygen atoms in total. The molecular weight excluding hydrogens is 294 g/mol. The van der Waals surface area contributed by atoms with Gasteiger partial charge in [-0.2, -0.15) is 0 Å². The van der Waals surface area contributed by atoms with Gasteiger partial charge in [-0.3, -0.25) is 4.79 Å². The van der Waals surface area contributed by atoms with Gasteiger partial charge in [0.15, 0.2) is 0 Å². The molecule has 1 aromatic carbocycles. The van der Waals surface area contributed by atoms with Crippen LogP contribution in [0.1, 0.15) is 32.8 Å². The Morgan fingerprint density at radius 2 is 1.89 bits per heavy atom. The standard InChI is InChI=1S/C14H20BrNO2/c1-14(2,3)18-13(17)12(16)9-6-10-4-7-11(15)8-5-10/h4-5,7-8,12H,6,9,16H2,1-3H3. The number of aryl methyl sites for hydroxylation is 1. The third-order valence-electron chi connectivity index (χ3n) is 2.37. The van der Waals surface area contributed by atoms with Crippen LogP contribution in [0.3, 0.4) is 0 Å². The van der Waals surface area contributed by atoms with E-state index in [1.54, 1.807) is 0 Å². The second-order valence-electron chi connectivity index (χ2n) is 5.31. The van der Waals surface area contributed by atoms with Crippen LogP contribution in [-0.2, 0) is 16.0 Å². The summed E-state index contributed by atoms with van der Waals surface area (Å²) in [5.74, 6) is -0.334. The van der Waals surface area contributed by atoms with Crippen molar-refractivity contribution in [2.75, 3.05) is 0 Å². The number of esters is 1. The first kappa shape index (κ1) is 15.2. The second kappa shape index (κ2) is 6.34. The van der Waals surface area contributed by atoms with Crippen LogP contribution < -0.4 is 5.73 Å². The lowest BCUT2D eigenvalue weighted by atomic mass is 10.1. The second-order valence-corrected chi connectivity index (χ2v) is 6.22. The van der Waals surface area contributed by atoms with Gasteiger partial charge in [-0.1, -0.05) is 28.1 Å². The number of carbonyl (C=O) groups excluding carboxylic acids is 1. The maximum Gasteiger partial charge on any atom is 0.323 e. The van der Waals surface area contributed by atoms with E-state index in [0.717, 1.165) is 16.5 Å². The lowest BCUT2D eigenvalue weighted by molar-refractivity contribution is -0.156. The van der Waals surface area contributed by atoms with Gasteiger partial charge in [0.05, 0.1) is 0 Å². The highest BCUT2D eigenvalue weighted by molar-refractivity contribution is 9.10. The minimum Gasteiger partial charge on any atom is -0.459 e. The van der Waals surface area contributed by atoms with Gasteiger partial charge in [-0.15, -0.1) is 0 Å². The molecule has 2 N–H and O–H groups in total. The van der Waals surface area contributed by atoms with Gasteiger partial charge >= 0.3 is 5.97 Å². The number of nitrogens with two attached hydrogens (primary N) is 1. The third kappa shape index (κ3) is 5.65. The molecular formula is C14H20BrNO2. The maximum absolute atomic E-state index is 11.7. The van der Waals surface area contributed by atoms with Crippen LogP contribution in [0.25, 0.3) is 0 Å². The molecule has 0 spiro atoms. The predicted molar refractivity (Wildman–Crippen MR) is 76.3 cm³/mol. The predicted octanol–water partition coefficient (Wildman–Crippen LogP) is 3.05. The average molecular weight is 314 g/mol. The van der Waals surface area contributed by atoms with Gasteiger partial charge in [0.2, 0.25) is 0 Å². The monoisotopic (exact) mass is 313 g/mol. The van der Waals surface area contributed by atoms with Crippen molar-refractivity contribution in [1.29, 1.82) is 0 Å². The summed E-state index contributed by atoms with van der Waals surface area (Å²) in [5.41, 5.74) is 6.50. The Balaban J connectivity index is 2.43. The molecule has 0 fully saturated rings. The molecule has 0 aliphatic rings. The van der Waals surface area contributed by atoms with Crippen molar-refractivity contribution < 1.29 is 9.53 Å². The van der Waals surface area contributed by atoms with Crippen molar-refractivity contribution in [3.8, 4) is 0 Å². The van der Waals surface area contributed by atoms with Crippen molar-refractivity contribution in [3.63, 3.8) is 0 Å². The van der Waals surface area contributed by atoms with Gasteiger partial charge in [0.1, 0.15) is 11.6 Å². The van der Waals surface area contributed by atoms with Crippen LogP contribution in [0.15, 0.2) is 28.7 Å². The summed E-state index contributed by atoms with van der Waals surface area (Å²) in [6, 6.07) is 7.44. The molecule has 0 aliphatic heterocycles. The summed E-state index contributed by atoms with van der Waals surface area (Å²) in [7, 11) is 0. The summed E-state index contributed by atoms with van der Waals surface area (Å²) >= 11 is 3.38. The average Bonchev–Trinajstić information content (AvgIpc) is 2.25. The van der Waals surface area contributed by atoms with Gasteiger partial charge in [-0.25, -0.2) is 0 Å². The fourth-order valence-corrected chi connectivity index (χ4v) is 1.73. The van der Waals surface area contributed by atoms with Crippen LogP contribution in [0.5, 0.6) is 0 Å². The highest BCUT2D eigenvalue weighted by Gasteiger charge is 2.21. The number of hydrogen-bond acceptors (Lipinski definition) is 3. The van der Waals surface area contributed by atoms with Crippen LogP contribution >= 0.6 is 15.9 Å². The van der Waals surface area contributed by atoms with Crippen LogP contribution in [0.4, 0.5) is 0 Å². The molecule has 0 saturated carbocycles. The summed E-state index contributed by atoms with van der Waals surface area (Å²) in [5, 5.41) is 0. The van der Waals surface area contributed by atoms with Crippen molar-refractivity contribution in [1.82, 2.24) is 0 Å². The first-order valence-electron chi connectivity index (χ1n) is 6.01. The molecule has 0 heterocycles. The zero-order valence-electron chi connectivity index (χ0n) is 11.1. The van der Waals surface area contributed by atoms with E-state index >= 15 is 0 Å². The number of benzene rings is 1. The largest absolute Gasteiger partial charge is 0.459 e. The molecule has 0 bridgehead atoms. The van der Waals surface area contributed by atoms with E-state index in [1.165, 1.54) is 0 Å². The number of rotatable bonds is 4. The molecule has 4 heteroatoms. The maximum atomic E-state index is 11.7. The molecule has 0 aliphatic carbocycles. The fraction of sp³-hybridized carbons (Fsp3) is 0.500. The van der Waals surface area contributed by atoms with Crippen molar-refractivity contribution in [2.45, 2.75) is 45.3 Å². The first-order chi connectivity index (χ1) is 8.28. The molecule has 1 aromatic rings. The summed E-state index contributed by atoms with van der Waals surface area (Å²) < 4.78 is 6.28. The SMILES string of the molecule is CC(C)(C)OC(=O)C(N)CCc1ccc(Br)cc1. The van der Waals surface area contributed by atoms with E-state index in [1.807, 2.05) is 45.0 Å². The minimum atomic E-state index is -0.562. The van der Waals surface area contributed by atoms with E-state index in [4.69, 9.17) is 10.5 Å². The Morgan fingerprint density at radius 3 is 2.39 bits per heavy atom. The first-order valence-corrected chi connectivity index (χ1v) is 6.80. The minimum absolute atomic E-state index is 0.334. The molecule has 0 radical (unpaired) electrons. The van der Waals surface area contributed by atoms with Crippen LogP contribution in [0.2, 0.25) is 0 Å². The number of hydrogen-bond donors (Lipinski definition) is 1. The third-order valence-corrected chi connectivity index (χ3v) is 2.90. The number of halogens is 1. The van der Waals surface area contributed by atoms with Gasteiger partial charge < -0.3 is 10.5 Å². The Labute approximate surface area is 117 Å². The van der Waals surface area contributed by atoms with Crippen molar-refractivity contribution in [3.05, 3.63) is 34.3 Å². The van der Waals surface area contributed by atoms with E-state index in [-0.39, 0.29) is 5.97 Å². The molecule has 100 valence electrons. The van der Waals surface area contributed by atoms with Crippen molar-refractivity contribution >= 4 is 21.9 Å². The fourth-order valence-electron chi connectivity index (χ4n) is 1.47. The lowest BCUT2D eigenvalue weighted by Gasteiger charge is -2.22. The van der Waals surface area contributed by atoms with E-state index in [2.05, 4.69) is 15.9 Å². The van der Waals surface area contributed by atoms with Gasteiger partial charge in [0.25, 0.3) is 0 Å². The highest BCUT2D eigenvalue weighted by atomic mass is 79.9. The van der Waals surface area contributed by atoms with E-state index in [9.17, 15) is 4.79 Å². The number of carbonyl (C=O) groups is 1. The van der Waals surface area contributed by atoms with E-state index in [0.29, 0.717) is 6.42 Å². The molecule has 1 unspecified atom stereocenters. The topological polar surface area (TPSA) is 52.3 Å². The molecule has 0 aromatic heterocycles. The molecule has 1 atom stereocenters. The van der Waals surface area contributed by atoms with E-state index < -0.39 is 11.6 Å². The number of ether oxygens (including phenoxy) is 1. The molecule has 1 rings (SSSR count). The molecule has 0 saturated heterocycles. The summed E-state index contributed by atoms with van der Waals surface area (Å²) in [6.45, 7) is 5.52. The Kier molecular flexibility index (Phi) is 5.35. The zero-order chi connectivity index (χ0) is 13.8. The highest BCUT2D eigenvalue weighted by Crippen LogP contribution is 2.13. The zero-order valence-corrected chi connectivity index (χ0v) is 12.7. The lowest BCUT2D eigenvalue weighted by Crippen LogP contribution is -2.37. The Hall–Kier alpha value is -0.870. The molecule has 18 heavy (non-hydrogen) atoms. The Bertz CT molecular complexity index is 395.